The number of fused-ring (bicyclic) bond motifs is 1. The standard InChI is InChI=1S/C26H33NO/c1-7-27-24(28)20-10-8-19(9-11-20)16-18(2)21-12-13-22-23(17-21)26(5,6)15-14-25(22,3)4/h8-13,16-17H,7,14-15H2,1-6H3,(H,27,28)/b18-16+. The van der Waals surface area contributed by atoms with Gasteiger partial charge in [-0.1, -0.05) is 64.1 Å². The smallest absolute Gasteiger partial charge is 0.251 e. The molecule has 28 heavy (non-hydrogen) atoms. The molecule has 0 radical (unpaired) electrons. The van der Waals surface area contributed by atoms with Gasteiger partial charge < -0.3 is 5.32 Å². The van der Waals surface area contributed by atoms with E-state index in [1.165, 1.54) is 35.1 Å². The lowest BCUT2D eigenvalue weighted by Crippen LogP contribution is -2.33. The fourth-order valence-corrected chi connectivity index (χ4v) is 4.16. The molecule has 2 heteroatoms. The summed E-state index contributed by atoms with van der Waals surface area (Å²) in [5.41, 5.74) is 7.78. The van der Waals surface area contributed by atoms with E-state index >= 15 is 0 Å². The molecule has 0 atom stereocenters. The predicted octanol–water partition coefficient (Wildman–Crippen LogP) is 6.35. The van der Waals surface area contributed by atoms with Crippen molar-refractivity contribution in [3.05, 3.63) is 70.3 Å². The maximum absolute atomic E-state index is 11.9. The molecule has 148 valence electrons. The molecule has 1 aliphatic rings. The predicted molar refractivity (Wildman–Crippen MR) is 120 cm³/mol. The Kier molecular flexibility index (Phi) is 5.52. The lowest BCUT2D eigenvalue weighted by molar-refractivity contribution is 0.0956. The maximum atomic E-state index is 11.9. The van der Waals surface area contributed by atoms with E-state index in [0.717, 1.165) is 5.56 Å². The molecule has 0 saturated heterocycles. The molecule has 0 bridgehead atoms. The summed E-state index contributed by atoms with van der Waals surface area (Å²) in [5.74, 6) is -0.0192. The van der Waals surface area contributed by atoms with Crippen molar-refractivity contribution >= 4 is 17.6 Å². The quantitative estimate of drug-likeness (QED) is 0.620. The zero-order valence-electron chi connectivity index (χ0n) is 18.1. The first-order chi connectivity index (χ1) is 13.1. The molecule has 0 spiro atoms. The Hall–Kier alpha value is -2.35. The van der Waals surface area contributed by atoms with E-state index in [0.29, 0.717) is 12.1 Å². The van der Waals surface area contributed by atoms with Crippen molar-refractivity contribution in [2.24, 2.45) is 0 Å². The van der Waals surface area contributed by atoms with Gasteiger partial charge in [-0.2, -0.15) is 0 Å². The molecule has 0 fully saturated rings. The molecule has 0 aromatic heterocycles. The summed E-state index contributed by atoms with van der Waals surface area (Å²) >= 11 is 0. The monoisotopic (exact) mass is 375 g/mol. The van der Waals surface area contributed by atoms with Gasteiger partial charge in [0.05, 0.1) is 0 Å². The second-order valence-corrected chi connectivity index (χ2v) is 9.34. The second-order valence-electron chi connectivity index (χ2n) is 9.34. The van der Waals surface area contributed by atoms with Crippen LogP contribution in [0.15, 0.2) is 42.5 Å². The summed E-state index contributed by atoms with van der Waals surface area (Å²) in [5, 5.41) is 2.84. The maximum Gasteiger partial charge on any atom is 0.251 e. The normalized spacial score (nSPS) is 17.7. The van der Waals surface area contributed by atoms with Gasteiger partial charge in [-0.15, -0.1) is 0 Å². The van der Waals surface area contributed by atoms with Crippen LogP contribution in [-0.2, 0) is 10.8 Å². The molecule has 1 aliphatic carbocycles. The van der Waals surface area contributed by atoms with Crippen molar-refractivity contribution in [2.75, 3.05) is 6.54 Å². The van der Waals surface area contributed by atoms with E-state index in [9.17, 15) is 4.79 Å². The van der Waals surface area contributed by atoms with Gasteiger partial charge in [0, 0.05) is 12.1 Å². The Bertz CT molecular complexity index is 901. The average molecular weight is 376 g/mol. The largest absolute Gasteiger partial charge is 0.352 e. The zero-order valence-corrected chi connectivity index (χ0v) is 18.1. The molecule has 2 aromatic carbocycles. The fraction of sp³-hybridized carbons (Fsp3) is 0.423. The number of benzene rings is 2. The molecule has 2 aromatic rings. The van der Waals surface area contributed by atoms with E-state index in [1.807, 2.05) is 31.2 Å². The fourth-order valence-electron chi connectivity index (χ4n) is 4.16. The molecule has 0 saturated carbocycles. The Labute approximate surface area is 170 Å². The summed E-state index contributed by atoms with van der Waals surface area (Å²) in [4.78, 5) is 11.9. The summed E-state index contributed by atoms with van der Waals surface area (Å²) in [7, 11) is 0. The van der Waals surface area contributed by atoms with Crippen molar-refractivity contribution in [1.82, 2.24) is 5.32 Å². The highest BCUT2D eigenvalue weighted by Crippen LogP contribution is 2.46. The summed E-state index contributed by atoms with van der Waals surface area (Å²) in [6, 6.07) is 14.8. The van der Waals surface area contributed by atoms with Crippen molar-refractivity contribution < 1.29 is 4.79 Å². The Morgan fingerprint density at radius 2 is 1.50 bits per heavy atom. The number of allylic oxidation sites excluding steroid dienone is 1. The minimum Gasteiger partial charge on any atom is -0.352 e. The SMILES string of the molecule is CCNC(=O)c1ccc(/C=C(\C)c2ccc3c(c2)C(C)(C)CCC3(C)C)cc1. The summed E-state index contributed by atoms with van der Waals surface area (Å²) in [6.45, 7) is 14.2. The van der Waals surface area contributed by atoms with Crippen LogP contribution in [0.5, 0.6) is 0 Å². The first kappa shape index (κ1) is 20.4. The first-order valence-corrected chi connectivity index (χ1v) is 10.4. The molecule has 0 heterocycles. The van der Waals surface area contributed by atoms with Gasteiger partial charge in [0.25, 0.3) is 5.91 Å². The average Bonchev–Trinajstić information content (AvgIpc) is 2.66. The summed E-state index contributed by atoms with van der Waals surface area (Å²) in [6.07, 6.45) is 4.66. The van der Waals surface area contributed by atoms with Crippen LogP contribution >= 0.6 is 0 Å². The van der Waals surface area contributed by atoms with Crippen LogP contribution in [-0.4, -0.2) is 12.5 Å². The zero-order chi connectivity index (χ0) is 20.5. The lowest BCUT2D eigenvalue weighted by atomic mass is 9.63. The number of carbonyl (C=O) groups is 1. The van der Waals surface area contributed by atoms with Crippen molar-refractivity contribution in [3.8, 4) is 0 Å². The highest BCUT2D eigenvalue weighted by Gasteiger charge is 2.36. The van der Waals surface area contributed by atoms with Gasteiger partial charge in [-0.25, -0.2) is 0 Å². The molecule has 1 N–H and O–H groups in total. The topological polar surface area (TPSA) is 29.1 Å². The van der Waals surface area contributed by atoms with Crippen LogP contribution in [0.4, 0.5) is 0 Å². The van der Waals surface area contributed by atoms with Crippen LogP contribution in [0.3, 0.4) is 0 Å². The van der Waals surface area contributed by atoms with Gasteiger partial charge >= 0.3 is 0 Å². The van der Waals surface area contributed by atoms with Gasteiger partial charge in [0.15, 0.2) is 0 Å². The third-order valence-electron chi connectivity index (χ3n) is 6.20. The van der Waals surface area contributed by atoms with Gasteiger partial charge in [-0.05, 0) is 77.5 Å². The molecule has 2 nitrogen and oxygen atoms in total. The van der Waals surface area contributed by atoms with Crippen LogP contribution in [0.2, 0.25) is 0 Å². The molecular weight excluding hydrogens is 342 g/mol. The van der Waals surface area contributed by atoms with Gasteiger partial charge in [-0.3, -0.25) is 4.79 Å². The molecule has 1 amide bonds. The van der Waals surface area contributed by atoms with E-state index in [4.69, 9.17) is 0 Å². The van der Waals surface area contributed by atoms with Gasteiger partial charge in [0.1, 0.15) is 0 Å². The van der Waals surface area contributed by atoms with Crippen LogP contribution in [0.25, 0.3) is 11.6 Å². The molecular formula is C26H33NO. The van der Waals surface area contributed by atoms with E-state index < -0.39 is 0 Å². The molecule has 3 rings (SSSR count). The first-order valence-electron chi connectivity index (χ1n) is 10.4. The minimum absolute atomic E-state index is 0.0192. The third-order valence-corrected chi connectivity index (χ3v) is 6.20. The third kappa shape index (κ3) is 4.06. The number of amides is 1. The van der Waals surface area contributed by atoms with E-state index in [2.05, 4.69) is 64.2 Å². The summed E-state index contributed by atoms with van der Waals surface area (Å²) < 4.78 is 0. The highest BCUT2D eigenvalue weighted by atomic mass is 16.1. The van der Waals surface area contributed by atoms with Gasteiger partial charge in [0.2, 0.25) is 0 Å². The van der Waals surface area contributed by atoms with E-state index in [-0.39, 0.29) is 16.7 Å². The highest BCUT2D eigenvalue weighted by molar-refractivity contribution is 5.94. The number of carbonyl (C=O) groups excluding carboxylic acids is 1. The van der Waals surface area contributed by atoms with Crippen molar-refractivity contribution in [2.45, 2.75) is 65.2 Å². The van der Waals surface area contributed by atoms with Crippen LogP contribution < -0.4 is 5.32 Å². The Morgan fingerprint density at radius 1 is 0.929 bits per heavy atom. The number of hydrogen-bond acceptors (Lipinski definition) is 1. The van der Waals surface area contributed by atoms with E-state index in [1.54, 1.807) is 0 Å². The Balaban J connectivity index is 1.91. The van der Waals surface area contributed by atoms with Crippen LogP contribution in [0.1, 0.15) is 87.0 Å². The number of nitrogens with one attached hydrogen (secondary N) is 1. The van der Waals surface area contributed by atoms with Crippen LogP contribution in [0, 0.1) is 0 Å². The number of rotatable bonds is 4. The molecule has 0 unspecified atom stereocenters. The number of hydrogen-bond donors (Lipinski definition) is 1. The second kappa shape index (κ2) is 7.58. The van der Waals surface area contributed by atoms with Crippen molar-refractivity contribution in [1.29, 1.82) is 0 Å². The minimum atomic E-state index is -0.0192. The van der Waals surface area contributed by atoms with Crippen molar-refractivity contribution in [3.63, 3.8) is 0 Å². The lowest BCUT2D eigenvalue weighted by Gasteiger charge is -2.42. The molecule has 0 aliphatic heterocycles. The Morgan fingerprint density at radius 3 is 2.11 bits per heavy atom.